The topological polar surface area (TPSA) is 67.3 Å². The van der Waals surface area contributed by atoms with Gasteiger partial charge in [0.2, 0.25) is 0 Å². The monoisotopic (exact) mass is 1240 g/mol. The molecule has 0 saturated carbocycles. The molecule has 0 spiro atoms. The molecule has 3 aliphatic rings. The van der Waals surface area contributed by atoms with E-state index in [0.29, 0.717) is 28.9 Å². The van der Waals surface area contributed by atoms with E-state index in [0.717, 1.165) is 54.4 Å². The van der Waals surface area contributed by atoms with Crippen molar-refractivity contribution in [1.82, 2.24) is 15.0 Å². The fraction of sp³-hybridized carbons (Fsp3) is 0.127. The molecule has 3 aliphatic heterocycles. The van der Waals surface area contributed by atoms with Crippen molar-refractivity contribution in [3.8, 4) is 22.9 Å². The van der Waals surface area contributed by atoms with E-state index in [1.54, 1.807) is 36.9 Å². The second-order valence-electron chi connectivity index (χ2n) is 15.8. The average molecular weight is 1240 g/mol. The van der Waals surface area contributed by atoms with E-state index in [4.69, 9.17) is 4.74 Å². The maximum Gasteiger partial charge on any atom is 0.0326 e. The van der Waals surface area contributed by atoms with Crippen LogP contribution in [-0.4, -0.2) is 34.1 Å². The summed E-state index contributed by atoms with van der Waals surface area (Å²) >= 11 is 0. The van der Waals surface area contributed by atoms with Gasteiger partial charge in [0.15, 0.2) is 0 Å². The number of fused-ring (bicyclic) bond motifs is 3. The van der Waals surface area contributed by atoms with Crippen LogP contribution in [0.1, 0.15) is 26.7 Å². The average Bonchev–Trinajstić information content (AvgIpc) is 4.06. The second-order valence-corrected chi connectivity index (χ2v) is 15.8. The Bertz CT molecular complexity index is 2740. The van der Waals surface area contributed by atoms with Crippen molar-refractivity contribution in [1.29, 1.82) is 0 Å². The van der Waals surface area contributed by atoms with E-state index in [2.05, 4.69) is 193 Å². The predicted octanol–water partition coefficient (Wildman–Crippen LogP) is 12.1. The van der Waals surface area contributed by atoms with Gasteiger partial charge in [-0.1, -0.05) is 48.3 Å². The first kappa shape index (κ1) is 47.0. The molecule has 12 heteroatoms. The number of unbranched alkanes of at least 4 members (excludes halogenated alkanes) is 1. The van der Waals surface area contributed by atoms with Crippen LogP contribution in [0.2, 0.25) is 0 Å². The van der Waals surface area contributed by atoms with Gasteiger partial charge in [0.05, 0.1) is 0 Å². The van der Waals surface area contributed by atoms with Crippen LogP contribution >= 0.6 is 0 Å². The standard InChI is InChI=1S/C30H26N4.C25H19N5O.Ir.Pt/c1-3-13-25(14-4-1)33-23-31(27-17-7-9-19-29(27)33)21-11-12-22-32-24-34(26-15-5-2-6-16-26)30-20-10-8-18-28(30)32;1-18(2)29-17-30(25-9-4-3-8-24(25)29)19-13-21(16-26-15-19)31-20-10-12-28-23(14-20)22-7-5-6-11-27-22;;/h1-10,13,15,17-20,23-24H,11-12,21-22H2;3-6,8-12,15-18H,1-2H3;;/q2*-4;;. The fourth-order valence-corrected chi connectivity index (χ4v) is 8.12. The number of nitrogens with zero attached hydrogens (tertiary/aromatic N) is 9. The second kappa shape index (κ2) is 21.9. The summed E-state index contributed by atoms with van der Waals surface area (Å²) in [4.78, 5) is 26.4. The Morgan fingerprint density at radius 3 is 1.58 bits per heavy atom. The van der Waals surface area contributed by atoms with Crippen molar-refractivity contribution < 1.29 is 45.9 Å². The Morgan fingerprint density at radius 2 is 1.03 bits per heavy atom. The van der Waals surface area contributed by atoms with Crippen LogP contribution in [0, 0.1) is 50.3 Å². The molecule has 5 aromatic carbocycles. The molecule has 0 atom stereocenters. The minimum atomic E-state index is 0. The maximum atomic E-state index is 5.99. The largest absolute Gasteiger partial charge is 0.509 e. The number of hydrogen-bond acceptors (Lipinski definition) is 10. The quantitative estimate of drug-likeness (QED) is 0.0873. The van der Waals surface area contributed by atoms with Crippen LogP contribution in [-0.2, 0) is 41.2 Å². The molecule has 0 aliphatic carbocycles. The summed E-state index contributed by atoms with van der Waals surface area (Å²) in [6.45, 7) is 12.8. The predicted molar refractivity (Wildman–Crippen MR) is 259 cm³/mol. The Hall–Kier alpha value is -6.51. The van der Waals surface area contributed by atoms with Crippen LogP contribution in [0.5, 0.6) is 11.5 Å². The summed E-state index contributed by atoms with van der Waals surface area (Å²) in [6.07, 6.45) is 8.95. The minimum absolute atomic E-state index is 0. The minimum Gasteiger partial charge on any atom is -0.509 e. The van der Waals surface area contributed by atoms with E-state index in [9.17, 15) is 0 Å². The number of rotatable bonds is 12. The Balaban J connectivity index is 0.000000177. The molecule has 10 nitrogen and oxygen atoms in total. The molecule has 0 fully saturated rings. The van der Waals surface area contributed by atoms with Gasteiger partial charge in [-0.05, 0) is 101 Å². The van der Waals surface area contributed by atoms with E-state index in [1.807, 2.05) is 42.5 Å². The number of benzene rings is 5. The Kier molecular flexibility index (Phi) is 15.3. The molecular formula is C55H45IrN9OPt-8. The Labute approximate surface area is 422 Å². The van der Waals surface area contributed by atoms with E-state index < -0.39 is 0 Å². The summed E-state index contributed by atoms with van der Waals surface area (Å²) in [7, 11) is 0. The van der Waals surface area contributed by atoms with Crippen molar-refractivity contribution in [3.63, 3.8) is 0 Å². The van der Waals surface area contributed by atoms with Gasteiger partial charge in [-0.15, -0.1) is 41.0 Å². The molecule has 1 radical (unpaired) electrons. The summed E-state index contributed by atoms with van der Waals surface area (Å²) in [5.41, 5.74) is 11.3. The third kappa shape index (κ3) is 10.4. The number of hydrogen-bond donors (Lipinski definition) is 0. The van der Waals surface area contributed by atoms with Gasteiger partial charge in [-0.2, -0.15) is 92.8 Å². The van der Waals surface area contributed by atoms with Crippen LogP contribution in [0.3, 0.4) is 0 Å². The third-order valence-corrected chi connectivity index (χ3v) is 11.2. The first-order valence-corrected chi connectivity index (χ1v) is 21.8. The molecule has 6 heterocycles. The number of pyridine rings is 3. The fourth-order valence-electron chi connectivity index (χ4n) is 8.12. The summed E-state index contributed by atoms with van der Waals surface area (Å²) in [6, 6.07) is 63.6. The SMILES string of the molecule is CC(C)N1[CH-]N(c2[c-]c(Oc3[c-]c(-c4[c-]cccn4)ncc3)cnc2)c2ccccc21.[Ir].[Pt].[c-]1ccccc1N1[CH-]N(CCCCN2[CH-]N(c3[c-]cccc3)c3ccccc32)c2ccccc21. The normalized spacial score (nSPS) is 13.3. The van der Waals surface area contributed by atoms with Crippen LogP contribution in [0.4, 0.5) is 51.2 Å². The molecule has 8 aromatic rings. The number of aromatic nitrogens is 3. The molecule has 67 heavy (non-hydrogen) atoms. The van der Waals surface area contributed by atoms with Crippen molar-refractivity contribution in [3.05, 3.63) is 215 Å². The van der Waals surface area contributed by atoms with Crippen molar-refractivity contribution in [2.75, 3.05) is 42.5 Å². The zero-order chi connectivity index (χ0) is 44.0. The van der Waals surface area contributed by atoms with Crippen molar-refractivity contribution >= 4 is 51.2 Å². The summed E-state index contributed by atoms with van der Waals surface area (Å²) in [5, 5.41) is 0. The molecule has 0 unspecified atom stereocenters. The molecule has 0 N–H and O–H groups in total. The van der Waals surface area contributed by atoms with Gasteiger partial charge in [0, 0.05) is 86.8 Å². The molecule has 343 valence electrons. The third-order valence-electron chi connectivity index (χ3n) is 11.2. The van der Waals surface area contributed by atoms with E-state index in [1.165, 1.54) is 22.7 Å². The molecule has 0 saturated heterocycles. The molecule has 11 rings (SSSR count). The summed E-state index contributed by atoms with van der Waals surface area (Å²) < 4.78 is 5.99. The number of anilines is 9. The molecule has 0 amide bonds. The molecule has 3 aromatic heterocycles. The first-order valence-electron chi connectivity index (χ1n) is 21.8. The van der Waals surface area contributed by atoms with E-state index >= 15 is 0 Å². The van der Waals surface area contributed by atoms with Gasteiger partial charge in [-0.25, -0.2) is 6.07 Å². The van der Waals surface area contributed by atoms with Crippen molar-refractivity contribution in [2.24, 2.45) is 0 Å². The number of ether oxygens (including phenoxy) is 1. The maximum absolute atomic E-state index is 5.99. The number of para-hydroxylation sites is 8. The smallest absolute Gasteiger partial charge is 0.0326 e. The Morgan fingerprint density at radius 1 is 0.507 bits per heavy atom. The zero-order valence-corrected chi connectivity index (χ0v) is 41.5. The van der Waals surface area contributed by atoms with Crippen LogP contribution in [0.15, 0.2) is 164 Å². The molecular weight excluding hydrogens is 1190 g/mol. The zero-order valence-electron chi connectivity index (χ0n) is 36.8. The van der Waals surface area contributed by atoms with Gasteiger partial charge in [0.25, 0.3) is 0 Å². The van der Waals surface area contributed by atoms with E-state index in [-0.39, 0.29) is 41.2 Å². The summed E-state index contributed by atoms with van der Waals surface area (Å²) in [5.74, 6) is 0.999. The van der Waals surface area contributed by atoms with Gasteiger partial charge in [-0.3, -0.25) is 0 Å². The molecule has 0 bridgehead atoms. The van der Waals surface area contributed by atoms with Crippen LogP contribution < -0.4 is 34.1 Å². The van der Waals surface area contributed by atoms with Crippen molar-refractivity contribution in [2.45, 2.75) is 32.7 Å². The van der Waals surface area contributed by atoms with Gasteiger partial charge < -0.3 is 49.1 Å². The van der Waals surface area contributed by atoms with Gasteiger partial charge >= 0.3 is 0 Å². The van der Waals surface area contributed by atoms with Crippen LogP contribution in [0.25, 0.3) is 11.4 Å². The first-order chi connectivity index (χ1) is 32.1. The van der Waals surface area contributed by atoms with Gasteiger partial charge in [0.1, 0.15) is 0 Å².